The number of halogens is 1. The molecule has 0 amide bonds. The molecular weight excluding hydrogens is 382 g/mol. The van der Waals surface area contributed by atoms with Gasteiger partial charge >= 0.3 is 5.97 Å². The molecule has 1 aromatic carbocycles. The van der Waals surface area contributed by atoms with Crippen LogP contribution in [0.2, 0.25) is 5.02 Å². The topological polar surface area (TPSA) is 73.9 Å². The summed E-state index contributed by atoms with van der Waals surface area (Å²) >= 11 is 6.58. The van der Waals surface area contributed by atoms with Crippen LogP contribution in [0.3, 0.4) is 0 Å². The van der Waals surface area contributed by atoms with Crippen LogP contribution >= 0.6 is 11.6 Å². The normalized spacial score (nSPS) is 21.7. The average Bonchev–Trinajstić information content (AvgIpc) is 2.67. The molecule has 7 heteroatoms. The first-order valence-electron chi connectivity index (χ1n) is 9.23. The van der Waals surface area contributed by atoms with Gasteiger partial charge in [0.05, 0.1) is 20.8 Å². The average molecular weight is 406 g/mol. The molecule has 0 radical (unpaired) electrons. The van der Waals surface area contributed by atoms with Gasteiger partial charge in [-0.3, -0.25) is 9.59 Å². The SMILES string of the molecule is C=C1NC2=C(C(=O)CCC2)C(c2cc(OCC)c(OC)cc2Cl)C1C(=O)OC. The molecule has 0 aromatic heterocycles. The van der Waals surface area contributed by atoms with Gasteiger partial charge in [0.2, 0.25) is 0 Å². The van der Waals surface area contributed by atoms with Crippen LogP contribution in [0.1, 0.15) is 37.7 Å². The van der Waals surface area contributed by atoms with E-state index in [4.69, 9.17) is 25.8 Å². The fourth-order valence-electron chi connectivity index (χ4n) is 3.95. The Morgan fingerprint density at radius 3 is 2.68 bits per heavy atom. The minimum Gasteiger partial charge on any atom is -0.493 e. The highest BCUT2D eigenvalue weighted by atomic mass is 35.5. The first-order valence-corrected chi connectivity index (χ1v) is 9.60. The lowest BCUT2D eigenvalue weighted by molar-refractivity contribution is -0.144. The van der Waals surface area contributed by atoms with Crippen LogP contribution < -0.4 is 14.8 Å². The number of esters is 1. The van der Waals surface area contributed by atoms with Crippen molar-refractivity contribution in [2.24, 2.45) is 5.92 Å². The second-order valence-electron chi connectivity index (χ2n) is 6.76. The van der Waals surface area contributed by atoms with Gasteiger partial charge in [-0.2, -0.15) is 0 Å². The number of carbonyl (C=O) groups excluding carboxylic acids is 2. The van der Waals surface area contributed by atoms with E-state index in [0.29, 0.717) is 46.4 Å². The predicted molar refractivity (Wildman–Crippen MR) is 106 cm³/mol. The number of methoxy groups -OCH3 is 2. The Labute approximate surface area is 169 Å². The van der Waals surface area contributed by atoms with Crippen LogP contribution in [0.5, 0.6) is 11.5 Å². The monoisotopic (exact) mass is 405 g/mol. The lowest BCUT2D eigenvalue weighted by Gasteiger charge is -2.38. The van der Waals surface area contributed by atoms with Crippen molar-refractivity contribution in [1.82, 2.24) is 5.32 Å². The zero-order chi connectivity index (χ0) is 20.4. The van der Waals surface area contributed by atoms with Crippen LogP contribution in [0, 0.1) is 5.92 Å². The van der Waals surface area contributed by atoms with Gasteiger partial charge in [0.25, 0.3) is 0 Å². The molecule has 0 bridgehead atoms. The number of ketones is 1. The smallest absolute Gasteiger partial charge is 0.315 e. The number of rotatable bonds is 5. The van der Waals surface area contributed by atoms with Crippen molar-refractivity contribution in [1.29, 1.82) is 0 Å². The maximum absolute atomic E-state index is 12.8. The van der Waals surface area contributed by atoms with E-state index >= 15 is 0 Å². The first-order chi connectivity index (χ1) is 13.4. The van der Waals surface area contributed by atoms with Crippen molar-refractivity contribution in [2.45, 2.75) is 32.1 Å². The highest BCUT2D eigenvalue weighted by Crippen LogP contribution is 2.48. The van der Waals surface area contributed by atoms with Crippen LogP contribution in [0.25, 0.3) is 0 Å². The molecule has 0 saturated carbocycles. The zero-order valence-corrected chi connectivity index (χ0v) is 17.0. The van der Waals surface area contributed by atoms with E-state index in [2.05, 4.69) is 11.9 Å². The number of hydrogen-bond donors (Lipinski definition) is 1. The molecule has 6 nitrogen and oxygen atoms in total. The Kier molecular flexibility index (Phi) is 5.98. The van der Waals surface area contributed by atoms with Gasteiger partial charge in [-0.1, -0.05) is 18.2 Å². The molecule has 3 rings (SSSR count). The van der Waals surface area contributed by atoms with E-state index in [0.717, 1.165) is 18.5 Å². The van der Waals surface area contributed by atoms with Crippen molar-refractivity contribution in [3.63, 3.8) is 0 Å². The number of Topliss-reactive ketones (excluding diaryl/α,β-unsaturated/α-hetero) is 1. The molecule has 0 saturated heterocycles. The van der Waals surface area contributed by atoms with E-state index in [1.807, 2.05) is 6.92 Å². The Morgan fingerprint density at radius 1 is 1.29 bits per heavy atom. The molecule has 150 valence electrons. The number of hydrogen-bond acceptors (Lipinski definition) is 6. The Bertz CT molecular complexity index is 861. The minimum atomic E-state index is -0.772. The molecule has 0 spiro atoms. The Hall–Kier alpha value is -2.47. The van der Waals surface area contributed by atoms with Gasteiger partial charge in [0.1, 0.15) is 5.92 Å². The van der Waals surface area contributed by atoms with E-state index in [1.54, 1.807) is 12.1 Å². The van der Waals surface area contributed by atoms with Gasteiger partial charge in [-0.05, 0) is 31.4 Å². The van der Waals surface area contributed by atoms with Crippen LogP contribution in [-0.4, -0.2) is 32.6 Å². The summed E-state index contributed by atoms with van der Waals surface area (Å²) in [5.41, 5.74) is 2.49. The molecule has 2 atom stereocenters. The van der Waals surface area contributed by atoms with E-state index in [9.17, 15) is 9.59 Å². The van der Waals surface area contributed by atoms with Crippen molar-refractivity contribution in [3.8, 4) is 11.5 Å². The lowest BCUT2D eigenvalue weighted by atomic mass is 9.71. The van der Waals surface area contributed by atoms with Crippen molar-refractivity contribution < 1.29 is 23.8 Å². The Balaban J connectivity index is 2.24. The summed E-state index contributed by atoms with van der Waals surface area (Å²) in [5.74, 6) is -0.847. The molecule has 2 unspecified atom stereocenters. The number of allylic oxidation sites excluding steroid dienone is 2. The maximum atomic E-state index is 12.8. The quantitative estimate of drug-likeness (QED) is 0.752. The molecule has 1 N–H and O–H groups in total. The lowest BCUT2D eigenvalue weighted by Crippen LogP contribution is -2.41. The van der Waals surface area contributed by atoms with Crippen LogP contribution in [0.4, 0.5) is 0 Å². The highest BCUT2D eigenvalue weighted by Gasteiger charge is 2.44. The number of benzene rings is 1. The summed E-state index contributed by atoms with van der Waals surface area (Å²) in [6.45, 7) is 6.32. The summed E-state index contributed by atoms with van der Waals surface area (Å²) in [6, 6.07) is 3.39. The fourth-order valence-corrected chi connectivity index (χ4v) is 4.22. The zero-order valence-electron chi connectivity index (χ0n) is 16.3. The van der Waals surface area contributed by atoms with Crippen LogP contribution in [0.15, 0.2) is 35.7 Å². The van der Waals surface area contributed by atoms with E-state index < -0.39 is 17.8 Å². The second kappa shape index (κ2) is 8.27. The van der Waals surface area contributed by atoms with E-state index in [1.165, 1.54) is 14.2 Å². The summed E-state index contributed by atoms with van der Waals surface area (Å²) in [7, 11) is 2.85. The summed E-state index contributed by atoms with van der Waals surface area (Å²) in [6.07, 6.45) is 1.91. The summed E-state index contributed by atoms with van der Waals surface area (Å²) < 4.78 is 16.1. The van der Waals surface area contributed by atoms with Gasteiger partial charge in [0.15, 0.2) is 17.3 Å². The molecule has 1 heterocycles. The van der Waals surface area contributed by atoms with Crippen LogP contribution in [-0.2, 0) is 14.3 Å². The Morgan fingerprint density at radius 2 is 2.04 bits per heavy atom. The third kappa shape index (κ3) is 3.49. The van der Waals surface area contributed by atoms with E-state index in [-0.39, 0.29) is 5.78 Å². The van der Waals surface area contributed by atoms with Gasteiger partial charge < -0.3 is 19.5 Å². The number of carbonyl (C=O) groups is 2. The molecule has 2 aliphatic rings. The van der Waals surface area contributed by atoms with Gasteiger partial charge in [-0.15, -0.1) is 0 Å². The van der Waals surface area contributed by atoms with Gasteiger partial charge in [-0.25, -0.2) is 0 Å². The largest absolute Gasteiger partial charge is 0.493 e. The molecule has 1 aliphatic heterocycles. The number of ether oxygens (including phenoxy) is 3. The standard InChI is InChI=1S/C21H24ClNO5/c1-5-28-17-9-12(13(22)10-16(17)26-3)19-18(21(25)27-4)11(2)23-14-7-6-8-15(24)20(14)19/h9-10,18-19,23H,2,5-8H2,1,3-4H3. The molecule has 28 heavy (non-hydrogen) atoms. The van der Waals surface area contributed by atoms with Crippen molar-refractivity contribution >= 4 is 23.4 Å². The van der Waals surface area contributed by atoms with Crippen molar-refractivity contribution in [2.75, 3.05) is 20.8 Å². The molecular formula is C21H24ClNO5. The summed E-state index contributed by atoms with van der Waals surface area (Å²) in [4.78, 5) is 25.5. The highest BCUT2D eigenvalue weighted by molar-refractivity contribution is 6.31. The van der Waals surface area contributed by atoms with Gasteiger partial charge in [0, 0.05) is 40.4 Å². The first kappa shape index (κ1) is 20.3. The molecule has 1 aromatic rings. The minimum absolute atomic E-state index is 0.00463. The summed E-state index contributed by atoms with van der Waals surface area (Å²) in [5, 5.41) is 3.55. The molecule has 1 aliphatic carbocycles. The maximum Gasteiger partial charge on any atom is 0.315 e. The third-order valence-corrected chi connectivity index (χ3v) is 5.49. The second-order valence-corrected chi connectivity index (χ2v) is 7.16. The van der Waals surface area contributed by atoms with Crippen molar-refractivity contribution in [3.05, 3.63) is 46.3 Å². The predicted octanol–water partition coefficient (Wildman–Crippen LogP) is 3.74. The third-order valence-electron chi connectivity index (χ3n) is 5.16. The number of nitrogens with one attached hydrogen (secondary N) is 1. The fraction of sp³-hybridized carbons (Fsp3) is 0.429. The molecule has 0 fully saturated rings.